The van der Waals surface area contributed by atoms with Crippen molar-refractivity contribution in [2.24, 2.45) is 0 Å². The van der Waals surface area contributed by atoms with E-state index in [1.54, 1.807) is 0 Å². The molecule has 0 saturated carbocycles. The molecule has 0 rings (SSSR count). The van der Waals surface area contributed by atoms with Gasteiger partial charge in [0, 0.05) is 6.92 Å². The van der Waals surface area contributed by atoms with Crippen molar-refractivity contribution in [1.82, 2.24) is 0 Å². The lowest BCUT2D eigenvalue weighted by atomic mass is 10.3. The molecule has 0 saturated heterocycles. The smallest absolute Gasteiger partial charge is 0.393 e. The lowest BCUT2D eigenvalue weighted by Gasteiger charge is -2.22. The Morgan fingerprint density at radius 1 is 1.06 bits per heavy atom. The molecule has 0 N–H and O–H groups in total. The van der Waals surface area contributed by atoms with Crippen LogP contribution in [0.1, 0.15) is 6.92 Å². The molecule has 16 heavy (non-hydrogen) atoms. The molecule has 0 aromatic rings. The molecule has 0 spiro atoms. The van der Waals surface area contributed by atoms with Gasteiger partial charge in [-0.25, -0.2) is 4.79 Å². The van der Waals surface area contributed by atoms with Gasteiger partial charge in [-0.15, -0.1) is 0 Å². The van der Waals surface area contributed by atoms with Gasteiger partial charge in [-0.05, 0) is 0 Å². The molecule has 0 radical (unpaired) electrons. The van der Waals surface area contributed by atoms with Crippen LogP contribution in [0.5, 0.6) is 0 Å². The van der Waals surface area contributed by atoms with Crippen LogP contribution in [-0.4, -0.2) is 24.2 Å². The molecule has 0 atom stereocenters. The fraction of sp³-hybridized carbons (Fsp3) is 0.571. The van der Waals surface area contributed by atoms with Crippen molar-refractivity contribution >= 4 is 5.97 Å². The zero-order valence-electron chi connectivity index (χ0n) is 7.67. The van der Waals surface area contributed by atoms with Crippen molar-refractivity contribution in [3.8, 4) is 0 Å². The first-order valence-electron chi connectivity index (χ1n) is 3.54. The zero-order valence-corrected chi connectivity index (χ0v) is 7.67. The quantitative estimate of drug-likeness (QED) is 0.439. The topological polar surface area (TPSA) is 26.3 Å². The normalized spacial score (nSPS) is 13.5. The van der Waals surface area contributed by atoms with Crippen LogP contribution < -0.4 is 0 Å². The standard InChI is InChI=1S/C7H5F7O2/c1-3(6(10,11)12)4(15)16-7(13,14)5(2,8)9/h1H2,2H3. The Morgan fingerprint density at radius 2 is 1.44 bits per heavy atom. The molecule has 0 aliphatic carbocycles. The zero-order chi connectivity index (χ0) is 13.4. The second kappa shape index (κ2) is 3.95. The van der Waals surface area contributed by atoms with Crippen molar-refractivity contribution in [2.45, 2.75) is 25.1 Å². The van der Waals surface area contributed by atoms with Gasteiger partial charge < -0.3 is 4.74 Å². The van der Waals surface area contributed by atoms with Gasteiger partial charge in [0.1, 0.15) is 5.57 Å². The molecular weight excluding hydrogens is 249 g/mol. The van der Waals surface area contributed by atoms with Gasteiger partial charge in [-0.2, -0.15) is 30.7 Å². The Balaban J connectivity index is 4.78. The molecule has 0 aromatic carbocycles. The number of rotatable bonds is 3. The molecule has 2 nitrogen and oxygen atoms in total. The largest absolute Gasteiger partial charge is 0.466 e. The second-order valence-electron chi connectivity index (χ2n) is 2.77. The predicted molar refractivity (Wildman–Crippen MR) is 36.9 cm³/mol. The highest BCUT2D eigenvalue weighted by Crippen LogP contribution is 2.36. The Morgan fingerprint density at radius 3 is 1.69 bits per heavy atom. The average Bonchev–Trinajstić information content (AvgIpc) is 1.97. The number of alkyl halides is 7. The van der Waals surface area contributed by atoms with Gasteiger partial charge in [0.05, 0.1) is 0 Å². The van der Waals surface area contributed by atoms with Gasteiger partial charge in [0.15, 0.2) is 0 Å². The number of ether oxygens (including phenoxy) is 1. The van der Waals surface area contributed by atoms with Crippen molar-refractivity contribution < 1.29 is 40.3 Å². The van der Waals surface area contributed by atoms with E-state index in [0.29, 0.717) is 0 Å². The van der Waals surface area contributed by atoms with Crippen molar-refractivity contribution in [3.63, 3.8) is 0 Å². The Bertz CT molecular complexity index is 299. The van der Waals surface area contributed by atoms with Crippen LogP contribution >= 0.6 is 0 Å². The van der Waals surface area contributed by atoms with E-state index in [2.05, 4.69) is 11.3 Å². The van der Waals surface area contributed by atoms with Gasteiger partial charge >= 0.3 is 24.2 Å². The third-order valence-electron chi connectivity index (χ3n) is 1.32. The molecule has 0 bridgehead atoms. The molecule has 0 unspecified atom stereocenters. The number of hydrogen-bond acceptors (Lipinski definition) is 2. The van der Waals surface area contributed by atoms with Crippen molar-refractivity contribution in [2.75, 3.05) is 0 Å². The fourth-order valence-corrected chi connectivity index (χ4v) is 0.383. The number of halogens is 7. The Hall–Kier alpha value is -1.28. The van der Waals surface area contributed by atoms with Crippen molar-refractivity contribution in [3.05, 3.63) is 12.2 Å². The van der Waals surface area contributed by atoms with Gasteiger partial charge in [0.25, 0.3) is 0 Å². The molecule has 0 aliphatic rings. The van der Waals surface area contributed by atoms with Crippen LogP contribution in [0.2, 0.25) is 0 Å². The summed E-state index contributed by atoms with van der Waals surface area (Å²) in [6.45, 7) is 1.81. The molecule has 0 aromatic heterocycles. The van der Waals surface area contributed by atoms with E-state index in [-0.39, 0.29) is 6.92 Å². The van der Waals surface area contributed by atoms with Crippen LogP contribution in [-0.2, 0) is 9.53 Å². The maximum atomic E-state index is 12.3. The first-order chi connectivity index (χ1) is 6.79. The van der Waals surface area contributed by atoms with Crippen LogP contribution in [0.25, 0.3) is 0 Å². The number of carbonyl (C=O) groups excluding carboxylic acids is 1. The fourth-order valence-electron chi connectivity index (χ4n) is 0.383. The number of esters is 1. The van der Waals surface area contributed by atoms with Gasteiger partial charge in [-0.1, -0.05) is 6.58 Å². The maximum Gasteiger partial charge on any atom is 0.466 e. The summed E-state index contributed by atoms with van der Waals surface area (Å²) in [5.74, 6) is -7.45. The minimum Gasteiger partial charge on any atom is -0.393 e. The van der Waals surface area contributed by atoms with E-state index in [1.807, 2.05) is 0 Å². The second-order valence-corrected chi connectivity index (χ2v) is 2.77. The Kier molecular flexibility index (Phi) is 3.63. The Labute approximate surface area is 84.7 Å². The van der Waals surface area contributed by atoms with E-state index in [0.717, 1.165) is 0 Å². The van der Waals surface area contributed by atoms with Crippen molar-refractivity contribution in [1.29, 1.82) is 0 Å². The van der Waals surface area contributed by atoms with E-state index in [4.69, 9.17) is 0 Å². The SMILES string of the molecule is C=C(C(=O)OC(F)(F)C(C)(F)F)C(F)(F)F. The molecule has 9 heteroatoms. The third kappa shape index (κ3) is 3.38. The minimum atomic E-state index is -5.34. The minimum absolute atomic E-state index is 0.309. The summed E-state index contributed by atoms with van der Waals surface area (Å²) in [5.41, 5.74) is -2.29. The highest BCUT2D eigenvalue weighted by atomic mass is 19.4. The maximum absolute atomic E-state index is 12.3. The molecule has 0 amide bonds. The summed E-state index contributed by atoms with van der Waals surface area (Å²) in [6, 6.07) is 0. The third-order valence-corrected chi connectivity index (χ3v) is 1.32. The number of hydrogen-bond donors (Lipinski definition) is 0. The van der Waals surface area contributed by atoms with Gasteiger partial charge in [-0.3, -0.25) is 0 Å². The van der Waals surface area contributed by atoms with Crippen LogP contribution in [0.4, 0.5) is 30.7 Å². The summed E-state index contributed by atoms with van der Waals surface area (Å²) in [7, 11) is 0. The molecule has 0 heterocycles. The first kappa shape index (κ1) is 14.7. The summed E-state index contributed by atoms with van der Waals surface area (Å²) in [6.07, 6.45) is -10.7. The van der Waals surface area contributed by atoms with Crippen LogP contribution in [0.15, 0.2) is 12.2 Å². The monoisotopic (exact) mass is 254 g/mol. The van der Waals surface area contributed by atoms with Crippen LogP contribution in [0.3, 0.4) is 0 Å². The highest BCUT2D eigenvalue weighted by molar-refractivity contribution is 5.89. The molecular formula is C7H5F7O2. The highest BCUT2D eigenvalue weighted by Gasteiger charge is 2.57. The summed E-state index contributed by atoms with van der Waals surface area (Å²) >= 11 is 0. The van der Waals surface area contributed by atoms with Crippen LogP contribution in [0, 0.1) is 0 Å². The van der Waals surface area contributed by atoms with E-state index < -0.39 is 29.7 Å². The van der Waals surface area contributed by atoms with Gasteiger partial charge in [0.2, 0.25) is 0 Å². The first-order valence-corrected chi connectivity index (χ1v) is 3.54. The molecule has 0 fully saturated rings. The van der Waals surface area contributed by atoms with E-state index in [9.17, 15) is 35.5 Å². The molecule has 0 aliphatic heterocycles. The lowest BCUT2D eigenvalue weighted by molar-refractivity contribution is -0.324. The average molecular weight is 254 g/mol. The number of carbonyl (C=O) groups is 1. The predicted octanol–water partition coefficient (Wildman–Crippen LogP) is 2.90. The summed E-state index contributed by atoms with van der Waals surface area (Å²) in [4.78, 5) is 10.4. The van der Waals surface area contributed by atoms with E-state index >= 15 is 0 Å². The lowest BCUT2D eigenvalue weighted by Crippen LogP contribution is -2.43. The molecule has 94 valence electrons. The summed E-state index contributed by atoms with van der Waals surface area (Å²) in [5, 5.41) is 0. The summed E-state index contributed by atoms with van der Waals surface area (Å²) < 4.78 is 86.8. The van der Waals surface area contributed by atoms with E-state index in [1.165, 1.54) is 0 Å².